The van der Waals surface area contributed by atoms with Gasteiger partial charge in [-0.3, -0.25) is 9.47 Å². The first-order chi connectivity index (χ1) is 18.0. The zero-order valence-electron chi connectivity index (χ0n) is 20.9. The first kappa shape index (κ1) is 23.6. The van der Waals surface area contributed by atoms with E-state index in [9.17, 15) is 10.4 Å². The maximum absolute atomic E-state index is 10.3. The Hall–Kier alpha value is -3.78. The Morgan fingerprint density at radius 2 is 1.97 bits per heavy atom. The van der Waals surface area contributed by atoms with Crippen molar-refractivity contribution in [1.29, 1.82) is 5.26 Å². The first-order valence-electron chi connectivity index (χ1n) is 12.6. The van der Waals surface area contributed by atoms with Gasteiger partial charge in [-0.25, -0.2) is 14.6 Å². The number of fused-ring (bicyclic) bond motifs is 1. The maximum Gasteiger partial charge on any atom is 0.163 e. The first-order valence-corrected chi connectivity index (χ1v) is 12.6. The van der Waals surface area contributed by atoms with Gasteiger partial charge in [0.2, 0.25) is 0 Å². The summed E-state index contributed by atoms with van der Waals surface area (Å²) in [5.41, 5.74) is 3.38. The maximum atomic E-state index is 10.3. The van der Waals surface area contributed by atoms with Crippen LogP contribution >= 0.6 is 0 Å². The van der Waals surface area contributed by atoms with Crippen molar-refractivity contribution in [3.05, 3.63) is 59.7 Å². The molecule has 0 radical (unpaired) electrons. The zero-order chi connectivity index (χ0) is 25.5. The third-order valence-corrected chi connectivity index (χ3v) is 7.23. The highest BCUT2D eigenvalue weighted by molar-refractivity contribution is 5.78. The van der Waals surface area contributed by atoms with Crippen LogP contribution in [0.5, 0.6) is 5.75 Å². The molecule has 190 valence electrons. The lowest BCUT2D eigenvalue weighted by atomic mass is 10.0. The number of ether oxygens (including phenoxy) is 2. The van der Waals surface area contributed by atoms with Crippen LogP contribution in [0.15, 0.2) is 42.7 Å². The summed E-state index contributed by atoms with van der Waals surface area (Å²) >= 11 is 0. The van der Waals surface area contributed by atoms with Crippen molar-refractivity contribution in [1.82, 2.24) is 29.2 Å². The number of pyridine rings is 1. The van der Waals surface area contributed by atoms with Gasteiger partial charge in [-0.2, -0.15) is 10.4 Å². The second-order valence-corrected chi connectivity index (χ2v) is 9.76. The Labute approximate surface area is 214 Å². The Balaban J connectivity index is 1.25. The number of nitriles is 1. The second-order valence-electron chi connectivity index (χ2n) is 9.76. The third-order valence-electron chi connectivity index (χ3n) is 7.23. The highest BCUT2D eigenvalue weighted by Crippen LogP contribution is 2.28. The van der Waals surface area contributed by atoms with Gasteiger partial charge in [0.05, 0.1) is 36.4 Å². The van der Waals surface area contributed by atoms with Gasteiger partial charge in [0.15, 0.2) is 11.5 Å². The largest absolute Gasteiger partial charge is 0.490 e. The number of aromatic nitrogens is 5. The van der Waals surface area contributed by atoms with Crippen LogP contribution in [0, 0.1) is 18.3 Å². The van der Waals surface area contributed by atoms with Crippen LogP contribution in [-0.4, -0.2) is 72.8 Å². The standard InChI is InChI=1S/C27H29N7O3/c1-17-11-19(13-28)31-34(17)27-23(18(2)35)4-6-26(30-27)33-16-29-24-12-22(3-5-25(24)33)37-21-7-9-32(10-8-21)20-14-36-15-20/h3-6,11-12,16,18,20-21,35H,7-10,14-15H2,1-2H3. The molecule has 10 heteroatoms. The van der Waals surface area contributed by atoms with E-state index in [-0.39, 0.29) is 6.10 Å². The monoisotopic (exact) mass is 499 g/mol. The molecule has 0 bridgehead atoms. The van der Waals surface area contributed by atoms with E-state index in [4.69, 9.17) is 14.5 Å². The quantitative estimate of drug-likeness (QED) is 0.431. The smallest absolute Gasteiger partial charge is 0.163 e. The Morgan fingerprint density at radius 1 is 1.16 bits per heavy atom. The lowest BCUT2D eigenvalue weighted by Crippen LogP contribution is -2.52. The van der Waals surface area contributed by atoms with Crippen LogP contribution < -0.4 is 4.74 Å². The molecule has 2 aliphatic heterocycles. The minimum atomic E-state index is -0.751. The fourth-order valence-electron chi connectivity index (χ4n) is 5.06. The van der Waals surface area contributed by atoms with Crippen molar-refractivity contribution in [2.24, 2.45) is 0 Å². The van der Waals surface area contributed by atoms with Gasteiger partial charge in [-0.1, -0.05) is 0 Å². The Bertz CT molecular complexity index is 1470. The van der Waals surface area contributed by atoms with Crippen molar-refractivity contribution < 1.29 is 14.6 Å². The summed E-state index contributed by atoms with van der Waals surface area (Å²) in [6, 6.07) is 14.0. The van der Waals surface area contributed by atoms with E-state index >= 15 is 0 Å². The number of aryl methyl sites for hydroxylation is 1. The van der Waals surface area contributed by atoms with E-state index in [1.165, 1.54) is 0 Å². The Kier molecular flexibility index (Phi) is 6.12. The van der Waals surface area contributed by atoms with Crippen molar-refractivity contribution in [2.75, 3.05) is 26.3 Å². The molecule has 6 rings (SSSR count). The second kappa shape index (κ2) is 9.59. The molecule has 1 aromatic carbocycles. The molecule has 1 unspecified atom stereocenters. The van der Waals surface area contributed by atoms with Crippen LogP contribution in [0.1, 0.15) is 42.8 Å². The molecule has 2 fully saturated rings. The average molecular weight is 500 g/mol. The van der Waals surface area contributed by atoms with Crippen molar-refractivity contribution >= 4 is 11.0 Å². The number of benzene rings is 1. The van der Waals surface area contributed by atoms with Gasteiger partial charge in [0.25, 0.3) is 0 Å². The minimum absolute atomic E-state index is 0.199. The normalized spacial score (nSPS) is 18.0. The SMILES string of the molecule is Cc1cc(C#N)nn1-c1nc(-n2cnc3cc(OC4CCN(C5COC5)CC4)ccc32)ccc1C(C)O. The van der Waals surface area contributed by atoms with E-state index in [2.05, 4.69) is 21.1 Å². The molecule has 0 spiro atoms. The van der Waals surface area contributed by atoms with Crippen molar-refractivity contribution in [3.63, 3.8) is 0 Å². The predicted octanol–water partition coefficient (Wildman–Crippen LogP) is 3.08. The molecule has 1 N–H and O–H groups in total. The number of likely N-dealkylation sites (tertiary alicyclic amines) is 1. The molecule has 0 aliphatic carbocycles. The lowest BCUT2D eigenvalue weighted by molar-refractivity contribution is -0.0778. The fourth-order valence-corrected chi connectivity index (χ4v) is 5.06. The molecule has 2 saturated heterocycles. The van der Waals surface area contributed by atoms with Crippen LogP contribution in [0.4, 0.5) is 0 Å². The molecular weight excluding hydrogens is 470 g/mol. The van der Waals surface area contributed by atoms with Gasteiger partial charge in [-0.15, -0.1) is 0 Å². The van der Waals surface area contributed by atoms with Crippen LogP contribution in [0.3, 0.4) is 0 Å². The summed E-state index contributed by atoms with van der Waals surface area (Å²) in [7, 11) is 0. The summed E-state index contributed by atoms with van der Waals surface area (Å²) in [5, 5.41) is 24.0. The molecule has 5 heterocycles. The molecule has 37 heavy (non-hydrogen) atoms. The summed E-state index contributed by atoms with van der Waals surface area (Å²) in [5.74, 6) is 1.93. The summed E-state index contributed by atoms with van der Waals surface area (Å²) in [6.07, 6.45) is 3.19. The molecular formula is C27H29N7O3. The highest BCUT2D eigenvalue weighted by atomic mass is 16.5. The van der Waals surface area contributed by atoms with Crippen LogP contribution in [0.2, 0.25) is 0 Å². The van der Waals surface area contributed by atoms with E-state index in [0.29, 0.717) is 28.9 Å². The van der Waals surface area contributed by atoms with Crippen molar-refractivity contribution in [3.8, 4) is 23.5 Å². The minimum Gasteiger partial charge on any atom is -0.490 e. The molecule has 0 amide bonds. The van der Waals surface area contributed by atoms with Gasteiger partial charge < -0.3 is 14.6 Å². The van der Waals surface area contributed by atoms with Crippen molar-refractivity contribution in [2.45, 2.75) is 44.9 Å². The van der Waals surface area contributed by atoms with Crippen LogP contribution in [0.25, 0.3) is 22.7 Å². The number of imidazole rings is 1. The molecule has 0 saturated carbocycles. The molecule has 3 aromatic heterocycles. The number of aliphatic hydroxyl groups excluding tert-OH is 1. The topological polar surface area (TPSA) is 114 Å². The Morgan fingerprint density at radius 3 is 2.65 bits per heavy atom. The zero-order valence-corrected chi connectivity index (χ0v) is 20.9. The van der Waals surface area contributed by atoms with Gasteiger partial charge >= 0.3 is 0 Å². The van der Waals surface area contributed by atoms with Gasteiger partial charge in [-0.05, 0) is 57.0 Å². The van der Waals surface area contributed by atoms with E-state index < -0.39 is 6.10 Å². The van der Waals surface area contributed by atoms with E-state index in [1.54, 1.807) is 24.0 Å². The third kappa shape index (κ3) is 4.46. The molecule has 2 aliphatic rings. The van der Waals surface area contributed by atoms with Gasteiger partial charge in [0.1, 0.15) is 30.1 Å². The number of nitrogens with zero attached hydrogens (tertiary/aromatic N) is 7. The average Bonchev–Trinajstić information content (AvgIpc) is 3.46. The highest BCUT2D eigenvalue weighted by Gasteiger charge is 2.30. The predicted molar refractivity (Wildman–Crippen MR) is 136 cm³/mol. The molecule has 10 nitrogen and oxygen atoms in total. The molecule has 1 atom stereocenters. The van der Waals surface area contributed by atoms with E-state index in [0.717, 1.165) is 61.6 Å². The number of hydrogen-bond donors (Lipinski definition) is 1. The lowest BCUT2D eigenvalue weighted by Gasteiger charge is -2.41. The van der Waals surface area contributed by atoms with E-state index in [1.807, 2.05) is 41.8 Å². The number of hydrogen-bond acceptors (Lipinski definition) is 8. The number of rotatable bonds is 6. The molecule has 4 aromatic rings. The summed E-state index contributed by atoms with van der Waals surface area (Å²) in [4.78, 5) is 11.9. The number of aliphatic hydroxyl groups is 1. The summed E-state index contributed by atoms with van der Waals surface area (Å²) in [6.45, 7) is 7.32. The number of piperidine rings is 1. The fraction of sp³-hybridized carbons (Fsp3) is 0.407. The summed E-state index contributed by atoms with van der Waals surface area (Å²) < 4.78 is 15.1. The van der Waals surface area contributed by atoms with Crippen LogP contribution in [-0.2, 0) is 4.74 Å². The van der Waals surface area contributed by atoms with Gasteiger partial charge in [0, 0.05) is 30.4 Å².